The van der Waals surface area contributed by atoms with Crippen LogP contribution in [0, 0.1) is 0 Å². The van der Waals surface area contributed by atoms with Crippen LogP contribution in [0.5, 0.6) is 0 Å². The highest BCUT2D eigenvalue weighted by Crippen LogP contribution is 2.29. The van der Waals surface area contributed by atoms with Crippen LogP contribution in [0.25, 0.3) is 6.08 Å². The van der Waals surface area contributed by atoms with Gasteiger partial charge in [0.25, 0.3) is 11.8 Å². The smallest absolute Gasteiger partial charge is 0.277 e. The Bertz CT molecular complexity index is 942. The van der Waals surface area contributed by atoms with Crippen molar-refractivity contribution in [2.75, 3.05) is 0 Å². The third-order valence-electron chi connectivity index (χ3n) is 4.46. The molecule has 3 rings (SSSR count). The maximum absolute atomic E-state index is 13.0. The highest BCUT2D eigenvalue weighted by Gasteiger charge is 2.49. The van der Waals surface area contributed by atoms with E-state index in [4.69, 9.17) is 0 Å². The van der Waals surface area contributed by atoms with Gasteiger partial charge in [0.15, 0.2) is 0 Å². The van der Waals surface area contributed by atoms with E-state index in [2.05, 4.69) is 26.2 Å². The lowest BCUT2D eigenvalue weighted by molar-refractivity contribution is -0.158. The van der Waals surface area contributed by atoms with Crippen LogP contribution in [-0.2, 0) is 20.8 Å². The molecule has 27 heavy (non-hydrogen) atoms. The van der Waals surface area contributed by atoms with Crippen LogP contribution in [0.4, 0.5) is 0 Å². The molecule has 1 N–H and O–H groups in total. The molecule has 0 aliphatic carbocycles. The van der Waals surface area contributed by atoms with Crippen molar-refractivity contribution in [3.63, 3.8) is 0 Å². The van der Waals surface area contributed by atoms with Crippen molar-refractivity contribution in [3.8, 4) is 0 Å². The number of carbonyl (C=O) groups excluding carboxylic acids is 3. The summed E-state index contributed by atoms with van der Waals surface area (Å²) in [6.45, 7) is 2.89. The van der Waals surface area contributed by atoms with Gasteiger partial charge in [-0.1, -0.05) is 36.4 Å². The first-order chi connectivity index (χ1) is 12.8. The minimum absolute atomic E-state index is 0.0365. The Morgan fingerprint density at radius 2 is 1.93 bits per heavy atom. The van der Waals surface area contributed by atoms with E-state index >= 15 is 0 Å². The number of piperazine rings is 1. The van der Waals surface area contributed by atoms with Crippen LogP contribution in [0.1, 0.15) is 25.0 Å². The minimum Gasteiger partial charge on any atom is -0.319 e. The largest absolute Gasteiger partial charge is 0.319 e. The zero-order chi connectivity index (χ0) is 19.6. The number of nitrogens with zero attached hydrogens (tertiary/aromatic N) is 2. The summed E-state index contributed by atoms with van der Waals surface area (Å²) in [7, 11) is 0. The number of benzene rings is 1. The van der Waals surface area contributed by atoms with Crippen molar-refractivity contribution in [1.82, 2.24) is 15.2 Å². The monoisotopic (exact) mass is 427 g/mol. The summed E-state index contributed by atoms with van der Waals surface area (Å²) in [5, 5.41) is 2.67. The topological polar surface area (TPSA) is 79.4 Å². The van der Waals surface area contributed by atoms with Crippen LogP contribution in [0.3, 0.4) is 0 Å². The first-order valence-electron chi connectivity index (χ1n) is 8.35. The fourth-order valence-electron chi connectivity index (χ4n) is 3.16. The Hall–Kier alpha value is -2.80. The molecule has 2 aromatic rings. The SMILES string of the molecule is CC(=O)N1C(=O)/C(=C/c2cccnc2Br)NC(=O)C1(C)Cc1ccccc1. The fraction of sp³-hybridized carbons (Fsp3) is 0.200. The average molecular weight is 428 g/mol. The Morgan fingerprint density at radius 1 is 1.22 bits per heavy atom. The van der Waals surface area contributed by atoms with E-state index in [1.165, 1.54) is 13.0 Å². The zero-order valence-corrected chi connectivity index (χ0v) is 16.5. The number of pyridine rings is 1. The van der Waals surface area contributed by atoms with Gasteiger partial charge in [-0.25, -0.2) is 4.98 Å². The summed E-state index contributed by atoms with van der Waals surface area (Å²) in [5.41, 5.74) is 0.204. The highest BCUT2D eigenvalue weighted by atomic mass is 79.9. The molecule has 1 aliphatic rings. The quantitative estimate of drug-likeness (QED) is 0.603. The number of imide groups is 1. The normalized spacial score (nSPS) is 21.3. The summed E-state index contributed by atoms with van der Waals surface area (Å²) in [5.74, 6) is -1.44. The van der Waals surface area contributed by atoms with Crippen molar-refractivity contribution in [1.29, 1.82) is 0 Å². The number of rotatable bonds is 3. The molecular formula is C20H18BrN3O3. The molecule has 1 aromatic heterocycles. The molecule has 3 amide bonds. The van der Waals surface area contributed by atoms with E-state index in [1.54, 1.807) is 25.3 Å². The molecule has 1 aliphatic heterocycles. The van der Waals surface area contributed by atoms with Gasteiger partial charge in [0.2, 0.25) is 5.91 Å². The molecular weight excluding hydrogens is 410 g/mol. The summed E-state index contributed by atoms with van der Waals surface area (Å²) in [4.78, 5) is 43.4. The van der Waals surface area contributed by atoms with Gasteiger partial charge in [0.05, 0.1) is 0 Å². The second-order valence-electron chi connectivity index (χ2n) is 6.49. The molecule has 0 bridgehead atoms. The molecule has 1 aromatic carbocycles. The Labute approximate surface area is 165 Å². The van der Waals surface area contributed by atoms with Crippen LogP contribution in [0.15, 0.2) is 59.0 Å². The molecule has 0 saturated carbocycles. The molecule has 1 atom stereocenters. The fourth-order valence-corrected chi connectivity index (χ4v) is 3.52. The second kappa shape index (κ2) is 7.44. The van der Waals surface area contributed by atoms with Crippen LogP contribution < -0.4 is 5.32 Å². The average Bonchev–Trinajstić information content (AvgIpc) is 2.62. The summed E-state index contributed by atoms with van der Waals surface area (Å²) < 4.78 is 0.534. The number of hydrogen-bond acceptors (Lipinski definition) is 4. The molecule has 2 heterocycles. The van der Waals surface area contributed by atoms with Gasteiger partial charge < -0.3 is 5.32 Å². The number of hydrogen-bond donors (Lipinski definition) is 1. The highest BCUT2D eigenvalue weighted by molar-refractivity contribution is 9.10. The number of nitrogens with one attached hydrogen (secondary N) is 1. The minimum atomic E-state index is -1.31. The predicted molar refractivity (Wildman–Crippen MR) is 104 cm³/mol. The van der Waals surface area contributed by atoms with E-state index in [9.17, 15) is 14.4 Å². The third kappa shape index (κ3) is 3.68. The number of amides is 3. The van der Waals surface area contributed by atoms with E-state index in [0.29, 0.717) is 10.2 Å². The summed E-state index contributed by atoms with van der Waals surface area (Å²) >= 11 is 3.31. The lowest BCUT2D eigenvalue weighted by Crippen LogP contribution is -2.67. The molecule has 7 heteroatoms. The van der Waals surface area contributed by atoms with E-state index < -0.39 is 23.3 Å². The van der Waals surface area contributed by atoms with E-state index in [-0.39, 0.29) is 12.1 Å². The van der Waals surface area contributed by atoms with Gasteiger partial charge in [-0.05, 0) is 40.6 Å². The Kier molecular flexibility index (Phi) is 5.23. The predicted octanol–water partition coefficient (Wildman–Crippen LogP) is 2.69. The van der Waals surface area contributed by atoms with Gasteiger partial charge in [-0.3, -0.25) is 19.3 Å². The molecule has 138 valence electrons. The van der Waals surface area contributed by atoms with Crippen LogP contribution in [0.2, 0.25) is 0 Å². The van der Waals surface area contributed by atoms with Crippen LogP contribution >= 0.6 is 15.9 Å². The van der Waals surface area contributed by atoms with Crippen molar-refractivity contribution in [3.05, 3.63) is 70.1 Å². The third-order valence-corrected chi connectivity index (χ3v) is 5.12. The Balaban J connectivity index is 2.01. The second-order valence-corrected chi connectivity index (χ2v) is 7.24. The zero-order valence-electron chi connectivity index (χ0n) is 14.9. The van der Waals surface area contributed by atoms with Gasteiger partial charge in [0.1, 0.15) is 15.8 Å². The number of carbonyl (C=O) groups is 3. The summed E-state index contributed by atoms with van der Waals surface area (Å²) in [6.07, 6.45) is 3.34. The van der Waals surface area contributed by atoms with Gasteiger partial charge in [-0.15, -0.1) is 0 Å². The Morgan fingerprint density at radius 3 is 2.56 bits per heavy atom. The van der Waals surface area contributed by atoms with E-state index in [0.717, 1.165) is 10.5 Å². The van der Waals surface area contributed by atoms with Gasteiger partial charge >= 0.3 is 0 Å². The molecule has 1 saturated heterocycles. The first kappa shape index (κ1) is 19.0. The van der Waals surface area contributed by atoms with Crippen molar-refractivity contribution in [2.24, 2.45) is 0 Å². The maximum atomic E-state index is 13.0. The van der Waals surface area contributed by atoms with Gasteiger partial charge in [-0.2, -0.15) is 0 Å². The lowest BCUT2D eigenvalue weighted by Gasteiger charge is -2.42. The van der Waals surface area contributed by atoms with Gasteiger partial charge in [0, 0.05) is 25.1 Å². The molecule has 1 unspecified atom stereocenters. The van der Waals surface area contributed by atoms with Crippen molar-refractivity contribution < 1.29 is 14.4 Å². The lowest BCUT2D eigenvalue weighted by atomic mass is 9.87. The first-order valence-corrected chi connectivity index (χ1v) is 9.15. The van der Waals surface area contributed by atoms with Crippen molar-refractivity contribution >= 4 is 39.7 Å². The van der Waals surface area contributed by atoms with Crippen LogP contribution in [-0.4, -0.2) is 33.1 Å². The van der Waals surface area contributed by atoms with E-state index in [1.807, 2.05) is 30.3 Å². The summed E-state index contributed by atoms with van der Waals surface area (Å²) in [6, 6.07) is 12.8. The standard InChI is InChI=1S/C20H18BrN3O3/c1-13(25)24-18(26)16(11-15-9-6-10-22-17(15)21)23-19(27)20(24,2)12-14-7-4-3-5-8-14/h3-11H,12H2,1-2H3,(H,23,27)/b16-11-. The number of halogens is 1. The molecule has 0 radical (unpaired) electrons. The molecule has 0 spiro atoms. The van der Waals surface area contributed by atoms with Crippen molar-refractivity contribution in [2.45, 2.75) is 25.8 Å². The number of aromatic nitrogens is 1. The maximum Gasteiger partial charge on any atom is 0.277 e. The molecule has 6 nitrogen and oxygen atoms in total. The molecule has 1 fully saturated rings.